The first kappa shape index (κ1) is 16.1. The summed E-state index contributed by atoms with van der Waals surface area (Å²) in [6.45, 7) is 6.50. The van der Waals surface area contributed by atoms with E-state index in [9.17, 15) is 4.79 Å². The second-order valence-corrected chi connectivity index (χ2v) is 6.01. The lowest BCUT2D eigenvalue weighted by Crippen LogP contribution is -2.06. The number of rotatable bonds is 4. The highest BCUT2D eigenvalue weighted by molar-refractivity contribution is 5.87. The highest BCUT2D eigenvalue weighted by Crippen LogP contribution is 2.28. The zero-order valence-corrected chi connectivity index (χ0v) is 14.1. The summed E-state index contributed by atoms with van der Waals surface area (Å²) >= 11 is 0. The van der Waals surface area contributed by atoms with Crippen LogP contribution < -0.4 is 10.4 Å². The van der Waals surface area contributed by atoms with Crippen LogP contribution in [0, 0.1) is 6.92 Å². The highest BCUT2D eigenvalue weighted by Gasteiger charge is 2.13. The minimum absolute atomic E-state index is 0.326. The summed E-state index contributed by atoms with van der Waals surface area (Å²) in [5.41, 5.74) is 3.82. The molecule has 3 rings (SSSR count). The Balaban J connectivity index is 2.05. The third-order valence-corrected chi connectivity index (χ3v) is 3.94. The van der Waals surface area contributed by atoms with E-state index in [0.717, 1.165) is 16.5 Å². The maximum absolute atomic E-state index is 12.5. The van der Waals surface area contributed by atoms with Gasteiger partial charge in [-0.15, -0.1) is 0 Å². The molecule has 0 unspecified atom stereocenters. The summed E-state index contributed by atoms with van der Waals surface area (Å²) < 4.78 is 11.2. The SMILES string of the molecule is CC(C)=CCOc1ccc2c(C)c(-c3ccccc3)c(=O)oc2c1. The van der Waals surface area contributed by atoms with Crippen LogP contribution in [0.15, 0.2) is 69.4 Å². The molecule has 0 aliphatic rings. The van der Waals surface area contributed by atoms with Crippen LogP contribution in [0.1, 0.15) is 19.4 Å². The number of ether oxygens (including phenoxy) is 1. The van der Waals surface area contributed by atoms with Gasteiger partial charge >= 0.3 is 5.63 Å². The van der Waals surface area contributed by atoms with Gasteiger partial charge in [0.05, 0.1) is 5.56 Å². The van der Waals surface area contributed by atoms with Crippen molar-refractivity contribution in [1.29, 1.82) is 0 Å². The van der Waals surface area contributed by atoms with Crippen molar-refractivity contribution < 1.29 is 9.15 Å². The van der Waals surface area contributed by atoms with Crippen LogP contribution in [-0.4, -0.2) is 6.61 Å². The topological polar surface area (TPSA) is 39.4 Å². The zero-order valence-electron chi connectivity index (χ0n) is 14.1. The lowest BCUT2D eigenvalue weighted by atomic mass is 10.00. The second kappa shape index (κ2) is 6.75. The van der Waals surface area contributed by atoms with Crippen LogP contribution in [0.5, 0.6) is 5.75 Å². The van der Waals surface area contributed by atoms with Crippen LogP contribution in [0.2, 0.25) is 0 Å². The molecule has 3 nitrogen and oxygen atoms in total. The maximum atomic E-state index is 12.5. The molecule has 122 valence electrons. The summed E-state index contributed by atoms with van der Waals surface area (Å²) in [7, 11) is 0. The van der Waals surface area contributed by atoms with Gasteiger partial charge in [0.1, 0.15) is 17.9 Å². The molecule has 1 heterocycles. The first-order valence-corrected chi connectivity index (χ1v) is 7.95. The van der Waals surface area contributed by atoms with E-state index in [1.54, 1.807) is 6.07 Å². The Hall–Kier alpha value is -2.81. The van der Waals surface area contributed by atoms with Crippen molar-refractivity contribution in [3.63, 3.8) is 0 Å². The summed E-state index contributed by atoms with van der Waals surface area (Å²) in [5, 5.41) is 0.919. The number of benzene rings is 2. The average Bonchev–Trinajstić information content (AvgIpc) is 2.55. The molecule has 0 N–H and O–H groups in total. The molecule has 3 heteroatoms. The molecule has 0 aliphatic carbocycles. The van der Waals surface area contributed by atoms with Gasteiger partial charge < -0.3 is 9.15 Å². The molecule has 0 saturated heterocycles. The van der Waals surface area contributed by atoms with E-state index in [0.29, 0.717) is 23.5 Å². The highest BCUT2D eigenvalue weighted by atomic mass is 16.5. The first-order valence-electron chi connectivity index (χ1n) is 7.95. The number of aryl methyl sites for hydroxylation is 1. The number of fused-ring (bicyclic) bond motifs is 1. The predicted octanol–water partition coefficient (Wildman–Crippen LogP) is 5.11. The molecule has 0 fully saturated rings. The Bertz CT molecular complexity index is 946. The molecule has 0 bridgehead atoms. The summed E-state index contributed by atoms with van der Waals surface area (Å²) in [6.07, 6.45) is 2.00. The second-order valence-electron chi connectivity index (χ2n) is 6.01. The lowest BCUT2D eigenvalue weighted by molar-refractivity contribution is 0.361. The minimum Gasteiger partial charge on any atom is -0.489 e. The van der Waals surface area contributed by atoms with Crippen LogP contribution in [0.4, 0.5) is 0 Å². The van der Waals surface area contributed by atoms with Crippen molar-refractivity contribution in [3.8, 4) is 16.9 Å². The molecule has 0 atom stereocenters. The van der Waals surface area contributed by atoms with Gasteiger partial charge in [-0.3, -0.25) is 0 Å². The Morgan fingerprint density at radius 1 is 1.12 bits per heavy atom. The molecule has 2 aromatic carbocycles. The molecule has 24 heavy (non-hydrogen) atoms. The van der Waals surface area contributed by atoms with Crippen molar-refractivity contribution in [1.82, 2.24) is 0 Å². The molecule has 0 spiro atoms. The Morgan fingerprint density at radius 3 is 2.58 bits per heavy atom. The van der Waals surface area contributed by atoms with Gasteiger partial charge in [0, 0.05) is 11.5 Å². The van der Waals surface area contributed by atoms with E-state index in [-0.39, 0.29) is 5.63 Å². The zero-order chi connectivity index (χ0) is 17.1. The van der Waals surface area contributed by atoms with Crippen molar-refractivity contribution in [2.75, 3.05) is 6.61 Å². The summed E-state index contributed by atoms with van der Waals surface area (Å²) in [5.74, 6) is 0.690. The summed E-state index contributed by atoms with van der Waals surface area (Å²) in [6, 6.07) is 15.2. The molecular formula is C21H20O3. The van der Waals surface area contributed by atoms with Crippen molar-refractivity contribution in [2.24, 2.45) is 0 Å². The number of allylic oxidation sites excluding steroid dienone is 1. The third-order valence-electron chi connectivity index (χ3n) is 3.94. The fourth-order valence-electron chi connectivity index (χ4n) is 2.67. The standard InChI is InChI=1S/C21H20O3/c1-14(2)11-12-23-17-9-10-18-15(3)20(16-7-5-4-6-8-16)21(22)24-19(18)13-17/h4-11,13H,12H2,1-3H3. The van der Waals surface area contributed by atoms with E-state index >= 15 is 0 Å². The largest absolute Gasteiger partial charge is 0.489 e. The molecule has 0 saturated carbocycles. The molecular weight excluding hydrogens is 300 g/mol. The van der Waals surface area contributed by atoms with Gasteiger partial charge in [-0.25, -0.2) is 4.79 Å². The predicted molar refractivity (Wildman–Crippen MR) is 97.6 cm³/mol. The molecule has 3 aromatic rings. The van der Waals surface area contributed by atoms with Crippen molar-refractivity contribution in [2.45, 2.75) is 20.8 Å². The quantitative estimate of drug-likeness (QED) is 0.495. The minimum atomic E-state index is -0.326. The van der Waals surface area contributed by atoms with Crippen molar-refractivity contribution in [3.05, 3.63) is 76.2 Å². The Kier molecular flexibility index (Phi) is 4.52. The lowest BCUT2D eigenvalue weighted by Gasteiger charge is -2.09. The average molecular weight is 320 g/mol. The molecule has 0 aliphatic heterocycles. The maximum Gasteiger partial charge on any atom is 0.344 e. The molecule has 0 amide bonds. The van der Waals surface area contributed by atoms with Crippen molar-refractivity contribution >= 4 is 11.0 Å². The smallest absolute Gasteiger partial charge is 0.344 e. The van der Waals surface area contributed by atoms with Crippen LogP contribution in [0.3, 0.4) is 0 Å². The van der Waals surface area contributed by atoms with Gasteiger partial charge in [0.2, 0.25) is 0 Å². The van der Waals surface area contributed by atoms with E-state index in [1.165, 1.54) is 5.57 Å². The van der Waals surface area contributed by atoms with Crippen LogP contribution in [-0.2, 0) is 0 Å². The van der Waals surface area contributed by atoms with Crippen LogP contribution in [0.25, 0.3) is 22.1 Å². The molecule has 0 radical (unpaired) electrons. The monoisotopic (exact) mass is 320 g/mol. The third kappa shape index (κ3) is 3.25. The van der Waals surface area contributed by atoms with Gasteiger partial charge in [0.15, 0.2) is 0 Å². The normalized spacial score (nSPS) is 10.6. The Morgan fingerprint density at radius 2 is 1.88 bits per heavy atom. The van der Waals surface area contributed by atoms with E-state index in [4.69, 9.17) is 9.15 Å². The first-order chi connectivity index (χ1) is 11.6. The van der Waals surface area contributed by atoms with Gasteiger partial charge in [-0.05, 0) is 50.1 Å². The fraction of sp³-hybridized carbons (Fsp3) is 0.190. The van der Waals surface area contributed by atoms with Gasteiger partial charge in [-0.2, -0.15) is 0 Å². The van der Waals surface area contributed by atoms with Gasteiger partial charge in [-0.1, -0.05) is 35.9 Å². The van der Waals surface area contributed by atoms with E-state index < -0.39 is 0 Å². The Labute approximate surface area is 141 Å². The van der Waals surface area contributed by atoms with Crippen LogP contribution >= 0.6 is 0 Å². The summed E-state index contributed by atoms with van der Waals surface area (Å²) in [4.78, 5) is 12.5. The molecule has 1 aromatic heterocycles. The van der Waals surface area contributed by atoms with Gasteiger partial charge in [0.25, 0.3) is 0 Å². The van der Waals surface area contributed by atoms with E-state index in [2.05, 4.69) is 0 Å². The fourth-order valence-corrected chi connectivity index (χ4v) is 2.67. The van der Waals surface area contributed by atoms with E-state index in [1.807, 2.05) is 69.3 Å². The number of hydrogen-bond acceptors (Lipinski definition) is 3. The number of hydrogen-bond donors (Lipinski definition) is 0.